The molecule has 2 aliphatic rings. The second-order valence-electron chi connectivity index (χ2n) is 5.79. The monoisotopic (exact) mass is 315 g/mol. The summed E-state index contributed by atoms with van der Waals surface area (Å²) in [7, 11) is 0. The Balaban J connectivity index is 1.90. The predicted octanol–water partition coefficient (Wildman–Crippen LogP) is 4.63. The summed E-state index contributed by atoms with van der Waals surface area (Å²) in [5.41, 5.74) is 6.55. The molecule has 1 aromatic heterocycles. The number of carbonyl (C=O) groups is 1. The highest BCUT2D eigenvalue weighted by Crippen LogP contribution is 2.46. The van der Waals surface area contributed by atoms with Gasteiger partial charge in [0, 0.05) is 21.6 Å². The van der Waals surface area contributed by atoms with Crippen molar-refractivity contribution in [2.75, 3.05) is 0 Å². The fraction of sp³-hybridized carbons (Fsp3) is 0.0500. The van der Waals surface area contributed by atoms with Crippen molar-refractivity contribution >= 4 is 28.5 Å². The zero-order valence-electron chi connectivity index (χ0n) is 12.3. The van der Waals surface area contributed by atoms with Crippen molar-refractivity contribution in [2.45, 2.75) is 6.54 Å². The van der Waals surface area contributed by atoms with Gasteiger partial charge in [-0.15, -0.1) is 11.3 Å². The molecular formula is C20H13NOS. The Morgan fingerprint density at radius 2 is 1.57 bits per heavy atom. The molecule has 2 nitrogen and oxygen atoms in total. The molecule has 0 radical (unpaired) electrons. The lowest BCUT2D eigenvalue weighted by Crippen LogP contribution is -2.27. The molecule has 3 aromatic rings. The van der Waals surface area contributed by atoms with E-state index in [0.29, 0.717) is 6.54 Å². The van der Waals surface area contributed by atoms with E-state index in [-0.39, 0.29) is 5.91 Å². The van der Waals surface area contributed by atoms with Crippen LogP contribution in [0.25, 0.3) is 11.3 Å². The van der Waals surface area contributed by atoms with Gasteiger partial charge in [-0.25, -0.2) is 0 Å². The van der Waals surface area contributed by atoms with E-state index in [1.54, 1.807) is 11.3 Å². The molecule has 5 rings (SSSR count). The first-order valence-corrected chi connectivity index (χ1v) is 8.50. The molecule has 0 bridgehead atoms. The van der Waals surface area contributed by atoms with Gasteiger partial charge in [0.25, 0.3) is 5.91 Å². The fourth-order valence-corrected chi connectivity index (χ4v) is 4.34. The maximum atomic E-state index is 12.9. The first-order valence-electron chi connectivity index (χ1n) is 7.62. The lowest BCUT2D eigenvalue weighted by molar-refractivity contribution is 0.0842. The molecule has 0 unspecified atom stereocenters. The van der Waals surface area contributed by atoms with Crippen LogP contribution in [0.1, 0.15) is 31.9 Å². The van der Waals surface area contributed by atoms with E-state index in [4.69, 9.17) is 0 Å². The predicted molar refractivity (Wildman–Crippen MR) is 93.0 cm³/mol. The molecule has 1 amide bonds. The number of hydrogen-bond donors (Lipinski definition) is 0. The third-order valence-electron chi connectivity index (χ3n) is 4.55. The van der Waals surface area contributed by atoms with Gasteiger partial charge in [0.15, 0.2) is 0 Å². The minimum Gasteiger partial charge on any atom is -0.303 e. The van der Waals surface area contributed by atoms with E-state index in [1.807, 2.05) is 29.2 Å². The van der Waals surface area contributed by atoms with Crippen molar-refractivity contribution in [2.24, 2.45) is 0 Å². The quantitative estimate of drug-likeness (QED) is 0.641. The van der Waals surface area contributed by atoms with Crippen molar-refractivity contribution in [1.82, 2.24) is 4.90 Å². The lowest BCUT2D eigenvalue weighted by atomic mass is 9.91. The molecule has 23 heavy (non-hydrogen) atoms. The Labute approximate surface area is 138 Å². The van der Waals surface area contributed by atoms with Gasteiger partial charge in [0.05, 0.1) is 12.2 Å². The number of thiophene rings is 1. The normalized spacial score (nSPS) is 15.5. The third kappa shape index (κ3) is 1.71. The van der Waals surface area contributed by atoms with Gasteiger partial charge in [-0.3, -0.25) is 4.79 Å². The SMILES string of the molecule is O=C1c2ccccc2C2=C(c3cccs3)c3ccccc3CN12. The fourth-order valence-electron chi connectivity index (χ4n) is 3.56. The summed E-state index contributed by atoms with van der Waals surface area (Å²) in [6, 6.07) is 20.5. The van der Waals surface area contributed by atoms with Crippen LogP contribution >= 0.6 is 11.3 Å². The van der Waals surface area contributed by atoms with Crippen LogP contribution in [0.4, 0.5) is 0 Å². The van der Waals surface area contributed by atoms with E-state index >= 15 is 0 Å². The van der Waals surface area contributed by atoms with E-state index in [2.05, 4.69) is 41.8 Å². The molecule has 110 valence electrons. The Kier molecular flexibility index (Phi) is 2.61. The van der Waals surface area contributed by atoms with Crippen LogP contribution in [0, 0.1) is 0 Å². The average Bonchev–Trinajstić information content (AvgIpc) is 3.22. The Hall–Kier alpha value is -2.65. The summed E-state index contributed by atoms with van der Waals surface area (Å²) < 4.78 is 0. The number of carbonyl (C=O) groups excluding carboxylic acids is 1. The van der Waals surface area contributed by atoms with Crippen molar-refractivity contribution in [1.29, 1.82) is 0 Å². The molecule has 0 atom stereocenters. The van der Waals surface area contributed by atoms with Gasteiger partial charge in [-0.1, -0.05) is 48.5 Å². The summed E-state index contributed by atoms with van der Waals surface area (Å²) >= 11 is 1.72. The molecule has 0 saturated carbocycles. The number of fused-ring (bicyclic) bond motifs is 4. The van der Waals surface area contributed by atoms with Crippen LogP contribution in [-0.2, 0) is 6.54 Å². The van der Waals surface area contributed by atoms with Crippen LogP contribution in [0.15, 0.2) is 66.0 Å². The molecule has 0 fully saturated rings. The number of nitrogens with zero attached hydrogens (tertiary/aromatic N) is 1. The number of benzene rings is 2. The Morgan fingerprint density at radius 3 is 2.35 bits per heavy atom. The molecule has 0 saturated heterocycles. The van der Waals surface area contributed by atoms with Crippen molar-refractivity contribution in [3.05, 3.63) is 93.2 Å². The zero-order valence-corrected chi connectivity index (χ0v) is 13.1. The minimum absolute atomic E-state index is 0.110. The van der Waals surface area contributed by atoms with Gasteiger partial charge in [0.1, 0.15) is 0 Å². The molecule has 2 aliphatic heterocycles. The highest BCUT2D eigenvalue weighted by atomic mass is 32.1. The molecule has 0 N–H and O–H groups in total. The summed E-state index contributed by atoms with van der Waals surface area (Å²) in [5.74, 6) is 0.110. The second kappa shape index (κ2) is 4.67. The van der Waals surface area contributed by atoms with Crippen molar-refractivity contribution in [3.63, 3.8) is 0 Å². The van der Waals surface area contributed by atoms with Crippen LogP contribution in [0.2, 0.25) is 0 Å². The standard InChI is InChI=1S/C20H13NOS/c22-20-16-9-4-3-8-15(16)19-18(17-10-5-11-23-17)14-7-2-1-6-13(14)12-21(19)20/h1-11H,12H2. The number of amides is 1. The highest BCUT2D eigenvalue weighted by Gasteiger charge is 2.38. The van der Waals surface area contributed by atoms with Crippen LogP contribution < -0.4 is 0 Å². The molecule has 2 aromatic carbocycles. The third-order valence-corrected chi connectivity index (χ3v) is 5.43. The molecule has 3 heteroatoms. The molecular weight excluding hydrogens is 302 g/mol. The van der Waals surface area contributed by atoms with Gasteiger partial charge in [-0.2, -0.15) is 0 Å². The van der Waals surface area contributed by atoms with Gasteiger partial charge >= 0.3 is 0 Å². The lowest BCUT2D eigenvalue weighted by Gasteiger charge is -2.29. The summed E-state index contributed by atoms with van der Waals surface area (Å²) in [6.45, 7) is 0.647. The largest absolute Gasteiger partial charge is 0.303 e. The summed E-state index contributed by atoms with van der Waals surface area (Å²) in [5, 5.41) is 2.09. The topological polar surface area (TPSA) is 20.3 Å². The zero-order chi connectivity index (χ0) is 15.4. The molecule has 0 spiro atoms. The van der Waals surface area contributed by atoms with Crippen LogP contribution in [0.3, 0.4) is 0 Å². The van der Waals surface area contributed by atoms with E-state index in [1.165, 1.54) is 21.6 Å². The number of rotatable bonds is 1. The maximum Gasteiger partial charge on any atom is 0.259 e. The van der Waals surface area contributed by atoms with Crippen molar-refractivity contribution in [3.8, 4) is 0 Å². The molecule has 0 aliphatic carbocycles. The second-order valence-corrected chi connectivity index (χ2v) is 6.74. The average molecular weight is 315 g/mol. The van der Waals surface area contributed by atoms with E-state index < -0.39 is 0 Å². The van der Waals surface area contributed by atoms with Gasteiger partial charge in [0.2, 0.25) is 0 Å². The summed E-state index contributed by atoms with van der Waals surface area (Å²) in [6.07, 6.45) is 0. The van der Waals surface area contributed by atoms with Gasteiger partial charge < -0.3 is 4.90 Å². The van der Waals surface area contributed by atoms with Crippen LogP contribution in [-0.4, -0.2) is 10.8 Å². The van der Waals surface area contributed by atoms with E-state index in [0.717, 1.165) is 16.8 Å². The first-order chi connectivity index (χ1) is 11.3. The summed E-state index contributed by atoms with van der Waals surface area (Å²) in [4.78, 5) is 16.0. The highest BCUT2D eigenvalue weighted by molar-refractivity contribution is 7.11. The smallest absolute Gasteiger partial charge is 0.259 e. The van der Waals surface area contributed by atoms with Crippen LogP contribution in [0.5, 0.6) is 0 Å². The molecule has 3 heterocycles. The van der Waals surface area contributed by atoms with Crippen molar-refractivity contribution < 1.29 is 4.79 Å². The minimum atomic E-state index is 0.110. The Morgan fingerprint density at radius 1 is 0.826 bits per heavy atom. The maximum absolute atomic E-state index is 12.9. The van der Waals surface area contributed by atoms with Gasteiger partial charge in [-0.05, 0) is 28.6 Å². The van der Waals surface area contributed by atoms with E-state index in [9.17, 15) is 4.79 Å². The first kappa shape index (κ1) is 12.9. The Bertz CT molecular complexity index is 969. The number of hydrogen-bond acceptors (Lipinski definition) is 2.